The van der Waals surface area contributed by atoms with Gasteiger partial charge in [-0.05, 0) is 31.9 Å². The number of aryl methyl sites for hydroxylation is 1. The van der Waals surface area contributed by atoms with Crippen molar-refractivity contribution in [2.75, 3.05) is 13.1 Å². The van der Waals surface area contributed by atoms with Gasteiger partial charge >= 0.3 is 0 Å². The molecule has 1 aromatic carbocycles. The van der Waals surface area contributed by atoms with E-state index in [1.807, 2.05) is 38.1 Å². The smallest absolute Gasteiger partial charge is 0.255 e. The van der Waals surface area contributed by atoms with E-state index in [2.05, 4.69) is 16.7 Å². The van der Waals surface area contributed by atoms with Crippen LogP contribution >= 0.6 is 0 Å². The highest BCUT2D eigenvalue weighted by atomic mass is 16.3. The number of aliphatic hydroxyl groups is 1. The lowest BCUT2D eigenvalue weighted by atomic mass is 10.2. The zero-order chi connectivity index (χ0) is 15.7. The molecule has 22 heavy (non-hydrogen) atoms. The summed E-state index contributed by atoms with van der Waals surface area (Å²) in [5, 5.41) is 9.62. The van der Waals surface area contributed by atoms with E-state index >= 15 is 0 Å². The molecule has 0 spiro atoms. The molecule has 1 saturated heterocycles. The van der Waals surface area contributed by atoms with Gasteiger partial charge in [0, 0.05) is 31.0 Å². The second-order valence-electron chi connectivity index (χ2n) is 6.05. The molecule has 2 heterocycles. The third kappa shape index (κ3) is 2.79. The van der Waals surface area contributed by atoms with E-state index in [9.17, 15) is 9.90 Å². The van der Waals surface area contributed by atoms with Crippen LogP contribution < -0.4 is 0 Å². The summed E-state index contributed by atoms with van der Waals surface area (Å²) in [4.78, 5) is 14.4. The van der Waals surface area contributed by atoms with Gasteiger partial charge in [0.25, 0.3) is 5.91 Å². The van der Waals surface area contributed by atoms with Crippen molar-refractivity contribution in [3.8, 4) is 0 Å². The monoisotopic (exact) mass is 298 g/mol. The van der Waals surface area contributed by atoms with E-state index in [-0.39, 0.29) is 12.0 Å². The number of carbonyl (C=O) groups is 1. The van der Waals surface area contributed by atoms with E-state index in [1.165, 1.54) is 5.56 Å². The number of hydrogen-bond acceptors (Lipinski definition) is 2. The molecule has 1 aliphatic rings. The van der Waals surface area contributed by atoms with Crippen molar-refractivity contribution in [2.24, 2.45) is 0 Å². The molecule has 0 bridgehead atoms. The Hall–Kier alpha value is -2.07. The van der Waals surface area contributed by atoms with Gasteiger partial charge in [0.15, 0.2) is 0 Å². The lowest BCUT2D eigenvalue weighted by Gasteiger charge is -2.16. The maximum absolute atomic E-state index is 12.6. The highest BCUT2D eigenvalue weighted by Gasteiger charge is 2.27. The molecule has 1 aromatic heterocycles. The van der Waals surface area contributed by atoms with Crippen molar-refractivity contribution in [3.63, 3.8) is 0 Å². The lowest BCUT2D eigenvalue weighted by Crippen LogP contribution is -2.29. The number of aliphatic hydroxyl groups excluding tert-OH is 1. The second-order valence-corrected chi connectivity index (χ2v) is 6.05. The Morgan fingerprint density at radius 2 is 2.00 bits per heavy atom. The topological polar surface area (TPSA) is 45.5 Å². The summed E-state index contributed by atoms with van der Waals surface area (Å²) in [7, 11) is 0. The summed E-state index contributed by atoms with van der Waals surface area (Å²) in [5.41, 5.74) is 4.06. The van der Waals surface area contributed by atoms with Crippen molar-refractivity contribution in [1.82, 2.24) is 9.47 Å². The number of benzene rings is 1. The Bertz CT molecular complexity index is 676. The first-order valence-electron chi connectivity index (χ1n) is 7.74. The predicted octanol–water partition coefficient (Wildman–Crippen LogP) is 2.36. The van der Waals surface area contributed by atoms with Gasteiger partial charge in [-0.15, -0.1) is 0 Å². The first kappa shape index (κ1) is 14.9. The summed E-state index contributed by atoms with van der Waals surface area (Å²) in [6.45, 7) is 5.89. The lowest BCUT2D eigenvalue weighted by molar-refractivity contribution is 0.0764. The number of β-amino-alcohol motifs (C(OH)–C–C–N with tert-alkyl or cyclic N) is 1. The van der Waals surface area contributed by atoms with Crippen LogP contribution in [0, 0.1) is 13.8 Å². The number of hydrogen-bond donors (Lipinski definition) is 1. The van der Waals surface area contributed by atoms with Crippen LogP contribution in [0.25, 0.3) is 0 Å². The van der Waals surface area contributed by atoms with E-state index in [0.717, 1.165) is 23.5 Å². The maximum Gasteiger partial charge on any atom is 0.255 e. The van der Waals surface area contributed by atoms with Crippen LogP contribution in [0.15, 0.2) is 36.4 Å². The van der Waals surface area contributed by atoms with Crippen LogP contribution in [0.5, 0.6) is 0 Å². The Kier molecular flexibility index (Phi) is 4.03. The molecular formula is C18H22N2O2. The predicted molar refractivity (Wildman–Crippen MR) is 86.0 cm³/mol. The molecule has 0 saturated carbocycles. The van der Waals surface area contributed by atoms with Gasteiger partial charge in [0.05, 0.1) is 11.7 Å². The molecule has 1 aliphatic heterocycles. The quantitative estimate of drug-likeness (QED) is 0.945. The largest absolute Gasteiger partial charge is 0.391 e. The van der Waals surface area contributed by atoms with Crippen molar-refractivity contribution in [2.45, 2.75) is 32.9 Å². The van der Waals surface area contributed by atoms with Crippen LogP contribution in [-0.4, -0.2) is 39.7 Å². The summed E-state index contributed by atoms with van der Waals surface area (Å²) in [6.07, 6.45) is 0.297. The van der Waals surface area contributed by atoms with E-state index in [4.69, 9.17) is 0 Å². The van der Waals surface area contributed by atoms with Crippen molar-refractivity contribution in [3.05, 3.63) is 58.9 Å². The van der Waals surface area contributed by atoms with Gasteiger partial charge in [-0.3, -0.25) is 4.79 Å². The highest BCUT2D eigenvalue weighted by Crippen LogP contribution is 2.21. The number of nitrogens with zero attached hydrogens (tertiary/aromatic N) is 2. The van der Waals surface area contributed by atoms with Gasteiger partial charge in [-0.2, -0.15) is 0 Å². The number of likely N-dealkylation sites (tertiary alicyclic amines) is 1. The highest BCUT2D eigenvalue weighted by molar-refractivity contribution is 5.96. The minimum Gasteiger partial charge on any atom is -0.391 e. The number of carbonyl (C=O) groups excluding carboxylic acids is 1. The molecule has 1 atom stereocenters. The van der Waals surface area contributed by atoms with Gasteiger partial charge < -0.3 is 14.6 Å². The number of amides is 1. The molecular weight excluding hydrogens is 276 g/mol. The molecule has 2 aromatic rings. The number of rotatable bonds is 3. The molecule has 4 nitrogen and oxygen atoms in total. The van der Waals surface area contributed by atoms with Crippen LogP contribution in [0.1, 0.15) is 33.7 Å². The van der Waals surface area contributed by atoms with E-state index < -0.39 is 0 Å². The molecule has 1 fully saturated rings. The first-order chi connectivity index (χ1) is 10.6. The molecule has 3 rings (SSSR count). The Morgan fingerprint density at radius 1 is 1.27 bits per heavy atom. The SMILES string of the molecule is Cc1cc(C(=O)N2CC[C@@H](O)C2)c(C)n1Cc1ccccc1. The third-order valence-corrected chi connectivity index (χ3v) is 4.44. The molecule has 0 unspecified atom stereocenters. The number of aromatic nitrogens is 1. The fraction of sp³-hybridized carbons (Fsp3) is 0.389. The van der Waals surface area contributed by atoms with Gasteiger partial charge in [0.2, 0.25) is 0 Å². The average molecular weight is 298 g/mol. The summed E-state index contributed by atoms with van der Waals surface area (Å²) in [5.74, 6) is 0.0314. The van der Waals surface area contributed by atoms with Crippen LogP contribution in [0.3, 0.4) is 0 Å². The standard InChI is InChI=1S/C18H22N2O2/c1-13-10-17(18(22)19-9-8-16(21)12-19)14(2)20(13)11-15-6-4-3-5-7-15/h3-7,10,16,21H,8-9,11-12H2,1-2H3/t16-/m1/s1. The molecule has 0 radical (unpaired) electrons. The van der Waals surface area contributed by atoms with E-state index in [1.54, 1.807) is 4.90 Å². The van der Waals surface area contributed by atoms with Crippen molar-refractivity contribution >= 4 is 5.91 Å². The van der Waals surface area contributed by atoms with E-state index in [0.29, 0.717) is 19.5 Å². The fourth-order valence-corrected chi connectivity index (χ4v) is 3.12. The van der Waals surface area contributed by atoms with Crippen LogP contribution in [-0.2, 0) is 6.54 Å². The van der Waals surface area contributed by atoms with Crippen LogP contribution in [0.2, 0.25) is 0 Å². The normalized spacial score (nSPS) is 18.0. The first-order valence-corrected chi connectivity index (χ1v) is 7.74. The fourth-order valence-electron chi connectivity index (χ4n) is 3.12. The van der Waals surface area contributed by atoms with Gasteiger partial charge in [-0.25, -0.2) is 0 Å². The van der Waals surface area contributed by atoms with Crippen LogP contribution in [0.4, 0.5) is 0 Å². The Labute approximate surface area is 131 Å². The maximum atomic E-state index is 12.6. The molecule has 4 heteroatoms. The molecule has 1 amide bonds. The molecule has 1 N–H and O–H groups in total. The van der Waals surface area contributed by atoms with Crippen molar-refractivity contribution < 1.29 is 9.90 Å². The summed E-state index contributed by atoms with van der Waals surface area (Å²) in [6, 6.07) is 12.2. The second kappa shape index (κ2) is 5.97. The third-order valence-electron chi connectivity index (χ3n) is 4.44. The minimum atomic E-state index is -0.378. The van der Waals surface area contributed by atoms with Gasteiger partial charge in [-0.1, -0.05) is 30.3 Å². The Balaban J connectivity index is 1.85. The van der Waals surface area contributed by atoms with Gasteiger partial charge in [0.1, 0.15) is 0 Å². The Morgan fingerprint density at radius 3 is 2.64 bits per heavy atom. The zero-order valence-electron chi connectivity index (χ0n) is 13.1. The zero-order valence-corrected chi connectivity index (χ0v) is 13.1. The minimum absolute atomic E-state index is 0.0314. The summed E-state index contributed by atoms with van der Waals surface area (Å²) < 4.78 is 2.18. The summed E-state index contributed by atoms with van der Waals surface area (Å²) >= 11 is 0. The average Bonchev–Trinajstić information content (AvgIpc) is 3.06. The molecule has 0 aliphatic carbocycles. The van der Waals surface area contributed by atoms with Crippen molar-refractivity contribution in [1.29, 1.82) is 0 Å². The molecule has 116 valence electrons.